The van der Waals surface area contributed by atoms with Crippen molar-refractivity contribution in [2.75, 3.05) is 0 Å². The lowest BCUT2D eigenvalue weighted by Crippen LogP contribution is -2.15. The van der Waals surface area contributed by atoms with Crippen molar-refractivity contribution in [3.05, 3.63) is 69.0 Å². The van der Waals surface area contributed by atoms with Gasteiger partial charge in [0, 0.05) is 21.7 Å². The Morgan fingerprint density at radius 2 is 1.89 bits per heavy atom. The molecule has 0 aliphatic heterocycles. The molecule has 1 unspecified atom stereocenters. The molecule has 2 rings (SSSR count). The molecule has 100 valence electrons. The van der Waals surface area contributed by atoms with Crippen LogP contribution in [0.25, 0.3) is 0 Å². The monoisotopic (exact) mass is 297 g/mol. The molecular weight excluding hydrogens is 284 g/mol. The zero-order chi connectivity index (χ0) is 14.0. The molecule has 2 aromatic rings. The van der Waals surface area contributed by atoms with E-state index in [4.69, 9.17) is 28.9 Å². The smallest absolute Gasteiger partial charge is 0.129 e. The predicted molar refractivity (Wildman–Crippen MR) is 78.2 cm³/mol. The summed E-state index contributed by atoms with van der Waals surface area (Å²) >= 11 is 11.9. The lowest BCUT2D eigenvalue weighted by Gasteiger charge is -2.14. The highest BCUT2D eigenvalue weighted by molar-refractivity contribution is 6.31. The van der Waals surface area contributed by atoms with Crippen LogP contribution in [0.5, 0.6) is 0 Å². The number of rotatable bonds is 3. The summed E-state index contributed by atoms with van der Waals surface area (Å²) in [5.74, 6) is -0.386. The molecule has 1 nitrogen and oxygen atoms in total. The van der Waals surface area contributed by atoms with E-state index in [2.05, 4.69) is 0 Å². The van der Waals surface area contributed by atoms with E-state index in [9.17, 15) is 4.39 Å². The van der Waals surface area contributed by atoms with E-state index in [-0.39, 0.29) is 5.82 Å². The molecule has 0 heterocycles. The fraction of sp³-hybridized carbons (Fsp3) is 0.200. The molecule has 0 amide bonds. The van der Waals surface area contributed by atoms with Gasteiger partial charge in [-0.05, 0) is 42.7 Å². The second-order valence-electron chi connectivity index (χ2n) is 4.57. The third-order valence-corrected chi connectivity index (χ3v) is 3.60. The lowest BCUT2D eigenvalue weighted by molar-refractivity contribution is 0.580. The topological polar surface area (TPSA) is 26.0 Å². The van der Waals surface area contributed by atoms with Crippen molar-refractivity contribution < 1.29 is 4.39 Å². The van der Waals surface area contributed by atoms with Crippen LogP contribution in [0.3, 0.4) is 0 Å². The van der Waals surface area contributed by atoms with Gasteiger partial charge in [-0.25, -0.2) is 4.39 Å². The Labute approximate surface area is 122 Å². The molecule has 0 saturated heterocycles. The number of hydrogen-bond acceptors (Lipinski definition) is 1. The molecule has 19 heavy (non-hydrogen) atoms. The molecule has 0 spiro atoms. The third-order valence-electron chi connectivity index (χ3n) is 3.01. The zero-order valence-electron chi connectivity index (χ0n) is 10.5. The van der Waals surface area contributed by atoms with Crippen LogP contribution in [0.2, 0.25) is 10.0 Å². The van der Waals surface area contributed by atoms with Crippen molar-refractivity contribution in [1.29, 1.82) is 0 Å². The highest BCUT2D eigenvalue weighted by atomic mass is 35.5. The van der Waals surface area contributed by atoms with Gasteiger partial charge in [-0.3, -0.25) is 0 Å². The minimum absolute atomic E-state index is 0.363. The first kappa shape index (κ1) is 14.3. The van der Waals surface area contributed by atoms with Crippen LogP contribution >= 0.6 is 23.2 Å². The van der Waals surface area contributed by atoms with Crippen LogP contribution in [0.1, 0.15) is 22.7 Å². The largest absolute Gasteiger partial charge is 0.324 e. The van der Waals surface area contributed by atoms with Gasteiger partial charge < -0.3 is 5.73 Å². The van der Waals surface area contributed by atoms with Crippen LogP contribution in [-0.4, -0.2) is 0 Å². The summed E-state index contributed by atoms with van der Waals surface area (Å²) in [7, 11) is 0. The van der Waals surface area contributed by atoms with Gasteiger partial charge in [0.2, 0.25) is 0 Å². The molecule has 0 aromatic heterocycles. The summed E-state index contributed by atoms with van der Waals surface area (Å²) in [5, 5.41) is 1.02. The van der Waals surface area contributed by atoms with E-state index in [0.717, 1.165) is 11.1 Å². The maximum atomic E-state index is 13.8. The van der Waals surface area contributed by atoms with Crippen LogP contribution in [0.4, 0.5) is 4.39 Å². The Morgan fingerprint density at radius 3 is 2.53 bits per heavy atom. The molecule has 0 aliphatic carbocycles. The van der Waals surface area contributed by atoms with E-state index >= 15 is 0 Å². The van der Waals surface area contributed by atoms with Gasteiger partial charge in [-0.15, -0.1) is 0 Å². The Kier molecular flexibility index (Phi) is 4.46. The van der Waals surface area contributed by atoms with Gasteiger partial charge >= 0.3 is 0 Å². The normalized spacial score (nSPS) is 12.5. The molecule has 1 atom stereocenters. The molecule has 0 bridgehead atoms. The number of benzene rings is 2. The van der Waals surface area contributed by atoms with Gasteiger partial charge in [0.25, 0.3) is 0 Å². The molecule has 2 N–H and O–H groups in total. The van der Waals surface area contributed by atoms with Crippen molar-refractivity contribution in [1.82, 2.24) is 0 Å². The summed E-state index contributed by atoms with van der Waals surface area (Å²) in [4.78, 5) is 0. The van der Waals surface area contributed by atoms with Crippen LogP contribution in [-0.2, 0) is 6.42 Å². The summed E-state index contributed by atoms with van der Waals surface area (Å²) in [6.45, 7) is 1.97. The molecule has 2 aromatic carbocycles. The van der Waals surface area contributed by atoms with E-state index in [1.165, 1.54) is 6.07 Å². The second-order valence-corrected chi connectivity index (χ2v) is 5.41. The average molecular weight is 298 g/mol. The molecule has 0 fully saturated rings. The van der Waals surface area contributed by atoms with Crippen molar-refractivity contribution >= 4 is 23.2 Å². The fourth-order valence-corrected chi connectivity index (χ4v) is 2.44. The van der Waals surface area contributed by atoms with Gasteiger partial charge in [0.05, 0.1) is 0 Å². The Hall–Kier alpha value is -1.09. The summed E-state index contributed by atoms with van der Waals surface area (Å²) in [5.41, 5.74) is 8.48. The molecular formula is C15H14Cl2FN. The molecule has 0 saturated carbocycles. The number of halogens is 3. The van der Waals surface area contributed by atoms with E-state index in [0.29, 0.717) is 22.0 Å². The minimum atomic E-state index is -0.447. The lowest BCUT2D eigenvalue weighted by atomic mass is 9.98. The summed E-state index contributed by atoms with van der Waals surface area (Å²) < 4.78 is 13.8. The number of hydrogen-bond donors (Lipinski definition) is 1. The second kappa shape index (κ2) is 5.91. The quantitative estimate of drug-likeness (QED) is 0.874. The SMILES string of the molecule is Cc1ccc(CC(N)c2ccc(Cl)cc2F)c(Cl)c1. The van der Waals surface area contributed by atoms with Crippen molar-refractivity contribution in [3.63, 3.8) is 0 Å². The first-order valence-electron chi connectivity index (χ1n) is 5.93. The highest BCUT2D eigenvalue weighted by Crippen LogP contribution is 2.25. The van der Waals surface area contributed by atoms with Gasteiger partial charge in [0.1, 0.15) is 5.82 Å². The maximum Gasteiger partial charge on any atom is 0.129 e. The van der Waals surface area contributed by atoms with Crippen LogP contribution < -0.4 is 5.73 Å². The predicted octanol–water partition coefficient (Wildman–Crippen LogP) is 4.68. The van der Waals surface area contributed by atoms with E-state index in [1.54, 1.807) is 12.1 Å². The average Bonchev–Trinajstić information content (AvgIpc) is 2.32. The highest BCUT2D eigenvalue weighted by Gasteiger charge is 2.14. The van der Waals surface area contributed by atoms with E-state index < -0.39 is 6.04 Å². The van der Waals surface area contributed by atoms with Crippen molar-refractivity contribution in [2.45, 2.75) is 19.4 Å². The number of nitrogens with two attached hydrogens (primary N) is 1. The minimum Gasteiger partial charge on any atom is -0.324 e. The first-order chi connectivity index (χ1) is 8.97. The fourth-order valence-electron chi connectivity index (χ4n) is 1.97. The third kappa shape index (κ3) is 3.47. The molecule has 4 heteroatoms. The Balaban J connectivity index is 2.23. The molecule has 0 radical (unpaired) electrons. The Morgan fingerprint density at radius 1 is 1.16 bits per heavy atom. The van der Waals surface area contributed by atoms with Crippen LogP contribution in [0.15, 0.2) is 36.4 Å². The van der Waals surface area contributed by atoms with Gasteiger partial charge in [0.15, 0.2) is 0 Å². The zero-order valence-corrected chi connectivity index (χ0v) is 12.0. The van der Waals surface area contributed by atoms with E-state index in [1.807, 2.05) is 25.1 Å². The van der Waals surface area contributed by atoms with Gasteiger partial charge in [-0.1, -0.05) is 41.4 Å². The number of aryl methyl sites for hydroxylation is 1. The summed E-state index contributed by atoms with van der Waals surface area (Å²) in [6.07, 6.45) is 0.484. The maximum absolute atomic E-state index is 13.8. The standard InChI is InChI=1S/C15H14Cl2FN/c1-9-2-3-10(13(17)6-9)7-15(19)12-5-4-11(16)8-14(12)18/h2-6,8,15H,7,19H2,1H3. The summed E-state index contributed by atoms with van der Waals surface area (Å²) in [6, 6.07) is 9.84. The van der Waals surface area contributed by atoms with Crippen molar-refractivity contribution in [3.8, 4) is 0 Å². The molecule has 0 aliphatic rings. The van der Waals surface area contributed by atoms with Gasteiger partial charge in [-0.2, -0.15) is 0 Å². The van der Waals surface area contributed by atoms with Crippen LogP contribution in [0, 0.1) is 12.7 Å². The first-order valence-corrected chi connectivity index (χ1v) is 6.68. The van der Waals surface area contributed by atoms with Crippen molar-refractivity contribution in [2.24, 2.45) is 5.73 Å². The Bertz CT molecular complexity index is 599.